The fourth-order valence-electron chi connectivity index (χ4n) is 2.84. The average molecular weight is 425 g/mol. The largest absolute Gasteiger partial charge is 0.339 e. The van der Waals surface area contributed by atoms with Crippen LogP contribution in [-0.2, 0) is 14.8 Å². The fourth-order valence-corrected chi connectivity index (χ4v) is 5.56. The molecule has 1 fully saturated rings. The first-order valence-corrected chi connectivity index (χ1v) is 11.4. The van der Waals surface area contributed by atoms with Crippen LogP contribution < -0.4 is 0 Å². The maximum absolute atomic E-state index is 12.8. The summed E-state index contributed by atoms with van der Waals surface area (Å²) in [4.78, 5) is 15.3. The zero-order valence-electron chi connectivity index (χ0n) is 15.0. The van der Waals surface area contributed by atoms with Gasteiger partial charge in [-0.3, -0.25) is 4.79 Å². The molecule has 0 saturated carbocycles. The van der Waals surface area contributed by atoms with Gasteiger partial charge in [-0.15, -0.1) is 11.8 Å². The van der Waals surface area contributed by atoms with Crippen LogP contribution in [0, 0.1) is 6.92 Å². The van der Waals surface area contributed by atoms with Gasteiger partial charge < -0.3 is 4.90 Å². The minimum atomic E-state index is -3.64. The Bertz CT molecular complexity index is 909. The Labute approximate surface area is 169 Å². The molecule has 1 saturated heterocycles. The third-order valence-corrected chi connectivity index (χ3v) is 7.82. The molecule has 2 aromatic carbocycles. The Kier molecular flexibility index (Phi) is 6.47. The smallest absolute Gasteiger partial charge is 0.244 e. The molecule has 0 bridgehead atoms. The molecule has 1 amide bonds. The van der Waals surface area contributed by atoms with Crippen molar-refractivity contribution in [3.63, 3.8) is 0 Å². The summed E-state index contributed by atoms with van der Waals surface area (Å²) in [5, 5.41) is 0.213. The lowest BCUT2D eigenvalue weighted by molar-refractivity contribution is -0.129. The number of carbonyl (C=O) groups excluding carboxylic acids is 1. The molecule has 3 rings (SSSR count). The van der Waals surface area contributed by atoms with Crippen molar-refractivity contribution < 1.29 is 13.2 Å². The SMILES string of the molecule is Cc1ccc(SCC(=O)N2CCN(S(=O)(=O)c3ccccc3Cl)CC2)cc1. The summed E-state index contributed by atoms with van der Waals surface area (Å²) in [5.74, 6) is 0.371. The van der Waals surface area contributed by atoms with E-state index >= 15 is 0 Å². The van der Waals surface area contributed by atoms with E-state index in [2.05, 4.69) is 0 Å². The second kappa shape index (κ2) is 8.65. The lowest BCUT2D eigenvalue weighted by Gasteiger charge is -2.34. The number of rotatable bonds is 5. The van der Waals surface area contributed by atoms with E-state index in [-0.39, 0.29) is 28.9 Å². The first kappa shape index (κ1) is 20.2. The van der Waals surface area contributed by atoms with E-state index in [9.17, 15) is 13.2 Å². The van der Waals surface area contributed by atoms with Gasteiger partial charge in [0.25, 0.3) is 0 Å². The minimum Gasteiger partial charge on any atom is -0.339 e. The van der Waals surface area contributed by atoms with E-state index in [0.717, 1.165) is 4.90 Å². The van der Waals surface area contributed by atoms with Gasteiger partial charge in [-0.1, -0.05) is 41.4 Å². The summed E-state index contributed by atoms with van der Waals surface area (Å²) in [7, 11) is -3.64. The van der Waals surface area contributed by atoms with Crippen LogP contribution in [0.3, 0.4) is 0 Å². The Morgan fingerprint density at radius 3 is 2.30 bits per heavy atom. The first-order chi connectivity index (χ1) is 12.9. The van der Waals surface area contributed by atoms with Crippen LogP contribution in [0.4, 0.5) is 0 Å². The Morgan fingerprint density at radius 2 is 1.67 bits per heavy atom. The Morgan fingerprint density at radius 1 is 1.04 bits per heavy atom. The number of amides is 1. The summed E-state index contributed by atoms with van der Waals surface area (Å²) >= 11 is 7.54. The molecular formula is C19H21ClN2O3S2. The molecule has 0 spiro atoms. The Hall–Kier alpha value is -1.54. The fraction of sp³-hybridized carbons (Fsp3) is 0.316. The molecule has 5 nitrogen and oxygen atoms in total. The maximum atomic E-state index is 12.8. The van der Waals surface area contributed by atoms with Crippen molar-refractivity contribution >= 4 is 39.3 Å². The van der Waals surface area contributed by atoms with Gasteiger partial charge in [0.05, 0.1) is 10.8 Å². The van der Waals surface area contributed by atoms with Crippen molar-refractivity contribution in [2.24, 2.45) is 0 Å². The standard InChI is InChI=1S/C19H21ClN2O3S2/c1-15-6-8-16(9-7-15)26-14-19(23)21-10-12-22(13-11-21)27(24,25)18-5-3-2-4-17(18)20/h2-9H,10-14H2,1H3. The summed E-state index contributed by atoms with van der Waals surface area (Å²) in [6.45, 7) is 3.34. The lowest BCUT2D eigenvalue weighted by atomic mass is 10.2. The highest BCUT2D eigenvalue weighted by Gasteiger charge is 2.31. The zero-order valence-corrected chi connectivity index (χ0v) is 17.4. The molecule has 144 valence electrons. The van der Waals surface area contributed by atoms with Crippen molar-refractivity contribution in [3.05, 3.63) is 59.1 Å². The number of sulfonamides is 1. The number of carbonyl (C=O) groups is 1. The molecule has 0 aliphatic carbocycles. The average Bonchev–Trinajstić information content (AvgIpc) is 2.67. The van der Waals surface area contributed by atoms with Crippen LogP contribution in [0.15, 0.2) is 58.3 Å². The van der Waals surface area contributed by atoms with Gasteiger partial charge >= 0.3 is 0 Å². The molecule has 0 aromatic heterocycles. The summed E-state index contributed by atoms with van der Waals surface area (Å²) in [5.41, 5.74) is 1.18. The predicted molar refractivity (Wildman–Crippen MR) is 109 cm³/mol. The van der Waals surface area contributed by atoms with Crippen LogP contribution in [0.1, 0.15) is 5.56 Å². The van der Waals surface area contributed by atoms with Gasteiger partial charge in [0.15, 0.2) is 0 Å². The summed E-state index contributed by atoms with van der Waals surface area (Å²) < 4.78 is 26.9. The van der Waals surface area contributed by atoms with E-state index in [1.54, 1.807) is 23.1 Å². The number of thioether (sulfide) groups is 1. The van der Waals surface area contributed by atoms with E-state index in [1.165, 1.54) is 27.7 Å². The number of halogens is 1. The number of aryl methyl sites for hydroxylation is 1. The third kappa shape index (κ3) is 4.85. The zero-order chi connectivity index (χ0) is 19.4. The van der Waals surface area contributed by atoms with Gasteiger partial charge in [0, 0.05) is 31.1 Å². The molecule has 0 radical (unpaired) electrons. The van der Waals surface area contributed by atoms with Gasteiger partial charge in [0.2, 0.25) is 15.9 Å². The molecule has 0 unspecified atom stereocenters. The number of hydrogen-bond acceptors (Lipinski definition) is 4. The van der Waals surface area contributed by atoms with Crippen molar-refractivity contribution in [1.29, 1.82) is 0 Å². The normalized spacial score (nSPS) is 15.7. The highest BCUT2D eigenvalue weighted by atomic mass is 35.5. The van der Waals surface area contributed by atoms with Crippen molar-refractivity contribution in [3.8, 4) is 0 Å². The number of nitrogens with zero attached hydrogens (tertiary/aromatic N) is 2. The second-order valence-corrected chi connectivity index (χ2v) is 9.68. The first-order valence-electron chi connectivity index (χ1n) is 8.60. The number of hydrogen-bond donors (Lipinski definition) is 0. The summed E-state index contributed by atoms with van der Waals surface area (Å²) in [6.07, 6.45) is 0. The highest BCUT2D eigenvalue weighted by Crippen LogP contribution is 2.25. The van der Waals surface area contributed by atoms with Gasteiger partial charge in [-0.2, -0.15) is 4.31 Å². The predicted octanol–water partition coefficient (Wildman–Crippen LogP) is 3.27. The highest BCUT2D eigenvalue weighted by molar-refractivity contribution is 8.00. The second-order valence-electron chi connectivity index (χ2n) is 6.32. The Balaban J connectivity index is 1.56. The van der Waals surface area contributed by atoms with Gasteiger partial charge in [-0.25, -0.2) is 8.42 Å². The summed E-state index contributed by atoms with van der Waals surface area (Å²) in [6, 6.07) is 14.5. The minimum absolute atomic E-state index is 0.0235. The monoisotopic (exact) mass is 424 g/mol. The molecule has 0 atom stereocenters. The van der Waals surface area contributed by atoms with Crippen LogP contribution in [0.2, 0.25) is 5.02 Å². The van der Waals surface area contributed by atoms with Crippen molar-refractivity contribution in [2.45, 2.75) is 16.7 Å². The quantitative estimate of drug-likeness (QED) is 0.691. The molecule has 1 heterocycles. The molecule has 1 aliphatic heterocycles. The number of benzene rings is 2. The van der Waals surface area contributed by atoms with Gasteiger partial charge in [0.1, 0.15) is 4.90 Å². The number of piperazine rings is 1. The maximum Gasteiger partial charge on any atom is 0.244 e. The van der Waals surface area contributed by atoms with E-state index < -0.39 is 10.0 Å². The van der Waals surface area contributed by atoms with Gasteiger partial charge in [-0.05, 0) is 31.2 Å². The van der Waals surface area contributed by atoms with Crippen LogP contribution >= 0.6 is 23.4 Å². The lowest BCUT2D eigenvalue weighted by Crippen LogP contribution is -2.51. The molecule has 8 heteroatoms. The molecular weight excluding hydrogens is 404 g/mol. The van der Waals surface area contributed by atoms with E-state index in [1.807, 2.05) is 31.2 Å². The molecule has 2 aromatic rings. The van der Waals surface area contributed by atoms with E-state index in [0.29, 0.717) is 18.8 Å². The van der Waals surface area contributed by atoms with Crippen LogP contribution in [-0.4, -0.2) is 55.5 Å². The van der Waals surface area contributed by atoms with Crippen molar-refractivity contribution in [1.82, 2.24) is 9.21 Å². The topological polar surface area (TPSA) is 57.7 Å². The van der Waals surface area contributed by atoms with E-state index in [4.69, 9.17) is 11.6 Å². The van der Waals surface area contributed by atoms with Crippen LogP contribution in [0.5, 0.6) is 0 Å². The molecule has 0 N–H and O–H groups in total. The third-order valence-electron chi connectivity index (χ3n) is 4.43. The molecule has 27 heavy (non-hydrogen) atoms. The molecule has 1 aliphatic rings. The van der Waals surface area contributed by atoms with Crippen molar-refractivity contribution in [2.75, 3.05) is 31.9 Å². The van der Waals surface area contributed by atoms with Crippen LogP contribution in [0.25, 0.3) is 0 Å².